The van der Waals surface area contributed by atoms with Gasteiger partial charge in [0.25, 0.3) is 0 Å². The van der Waals surface area contributed by atoms with Crippen molar-refractivity contribution in [2.24, 2.45) is 10.4 Å². The van der Waals surface area contributed by atoms with Crippen LogP contribution < -0.4 is 0 Å². The van der Waals surface area contributed by atoms with Crippen molar-refractivity contribution in [1.29, 1.82) is 0 Å². The summed E-state index contributed by atoms with van der Waals surface area (Å²) < 4.78 is 0. The predicted molar refractivity (Wildman–Crippen MR) is 73.4 cm³/mol. The Morgan fingerprint density at radius 3 is 2.24 bits per heavy atom. The molecule has 0 amide bonds. The highest BCUT2D eigenvalue weighted by molar-refractivity contribution is 8.15. The minimum Gasteiger partial charge on any atom is -0.286 e. The second-order valence-electron chi connectivity index (χ2n) is 5.29. The molecule has 0 radical (unpaired) electrons. The topological polar surface area (TPSA) is 29.4 Å². The van der Waals surface area contributed by atoms with Crippen LogP contribution in [0.5, 0.6) is 0 Å². The fraction of sp³-hybridized carbons (Fsp3) is 0.429. The van der Waals surface area contributed by atoms with Gasteiger partial charge in [-0.1, -0.05) is 42.1 Å². The molecule has 2 nitrogen and oxygen atoms in total. The van der Waals surface area contributed by atoms with Crippen LogP contribution in [0.3, 0.4) is 0 Å². The first-order valence-corrected chi connectivity index (χ1v) is 6.54. The Morgan fingerprint density at radius 2 is 1.65 bits per heavy atom. The van der Waals surface area contributed by atoms with Crippen LogP contribution in [0.15, 0.2) is 35.3 Å². The van der Waals surface area contributed by atoms with Crippen molar-refractivity contribution in [1.82, 2.24) is 0 Å². The third-order valence-corrected chi connectivity index (χ3v) is 4.16. The highest BCUT2D eigenvalue weighted by Crippen LogP contribution is 2.42. The van der Waals surface area contributed by atoms with Crippen LogP contribution in [0.2, 0.25) is 0 Å². The Balaban J connectivity index is 2.56. The van der Waals surface area contributed by atoms with E-state index in [1.165, 1.54) is 11.8 Å². The summed E-state index contributed by atoms with van der Waals surface area (Å²) in [6.07, 6.45) is 0. The number of carbonyl (C=O) groups excluding carboxylic acids is 1. The molecule has 1 heterocycles. The molecule has 17 heavy (non-hydrogen) atoms. The van der Waals surface area contributed by atoms with Crippen LogP contribution >= 0.6 is 11.8 Å². The van der Waals surface area contributed by atoms with Gasteiger partial charge >= 0.3 is 0 Å². The lowest BCUT2D eigenvalue weighted by atomic mass is 9.84. The number of nitrogens with zero attached hydrogens (tertiary/aromatic N) is 1. The first-order chi connectivity index (χ1) is 7.83. The summed E-state index contributed by atoms with van der Waals surface area (Å²) in [5.74, 6) is 0. The third-order valence-electron chi connectivity index (χ3n) is 2.87. The SMILES string of the molecule is CC1(C)N=C(c2ccccc2)C(C)(C)C(=O)S1. The molecule has 0 aromatic heterocycles. The number of hydrogen-bond donors (Lipinski definition) is 0. The summed E-state index contributed by atoms with van der Waals surface area (Å²) in [5, 5.41) is 0.191. The molecular weight excluding hydrogens is 230 g/mol. The number of aliphatic imine (C=N–C) groups is 1. The third kappa shape index (κ3) is 2.29. The highest BCUT2D eigenvalue weighted by Gasteiger charge is 2.43. The maximum atomic E-state index is 12.2. The van der Waals surface area contributed by atoms with E-state index in [9.17, 15) is 4.79 Å². The number of hydrogen-bond acceptors (Lipinski definition) is 3. The average molecular weight is 247 g/mol. The number of thioether (sulfide) groups is 1. The lowest BCUT2D eigenvalue weighted by Gasteiger charge is -2.35. The molecule has 0 aliphatic carbocycles. The van der Waals surface area contributed by atoms with E-state index in [4.69, 9.17) is 4.99 Å². The van der Waals surface area contributed by atoms with Crippen molar-refractivity contribution in [2.75, 3.05) is 0 Å². The molecule has 1 aromatic rings. The first-order valence-electron chi connectivity index (χ1n) is 5.72. The van der Waals surface area contributed by atoms with Crippen molar-refractivity contribution < 1.29 is 4.79 Å². The van der Waals surface area contributed by atoms with E-state index in [1.807, 2.05) is 58.0 Å². The van der Waals surface area contributed by atoms with Gasteiger partial charge in [0.1, 0.15) is 4.87 Å². The monoisotopic (exact) mass is 247 g/mol. The quantitative estimate of drug-likeness (QED) is 0.760. The van der Waals surface area contributed by atoms with E-state index >= 15 is 0 Å². The second-order valence-corrected chi connectivity index (χ2v) is 6.86. The van der Waals surface area contributed by atoms with Gasteiger partial charge in [0.2, 0.25) is 5.12 Å². The summed E-state index contributed by atoms with van der Waals surface area (Å²) in [6, 6.07) is 9.96. The van der Waals surface area contributed by atoms with E-state index in [2.05, 4.69) is 0 Å². The van der Waals surface area contributed by atoms with Gasteiger partial charge in [-0.25, -0.2) is 0 Å². The van der Waals surface area contributed by atoms with E-state index in [1.54, 1.807) is 0 Å². The minimum absolute atomic E-state index is 0.191. The molecule has 0 saturated heterocycles. The van der Waals surface area contributed by atoms with Gasteiger partial charge in [-0.3, -0.25) is 9.79 Å². The van der Waals surface area contributed by atoms with E-state index < -0.39 is 5.41 Å². The van der Waals surface area contributed by atoms with Gasteiger partial charge in [0.15, 0.2) is 0 Å². The van der Waals surface area contributed by atoms with Crippen molar-refractivity contribution in [3.05, 3.63) is 35.9 Å². The second kappa shape index (κ2) is 3.98. The largest absolute Gasteiger partial charge is 0.286 e. The van der Waals surface area contributed by atoms with Gasteiger partial charge in [-0.2, -0.15) is 0 Å². The fourth-order valence-corrected chi connectivity index (χ4v) is 2.85. The van der Waals surface area contributed by atoms with Crippen molar-refractivity contribution in [3.63, 3.8) is 0 Å². The standard InChI is InChI=1S/C14H17NOS/c1-13(2)11(10-8-6-5-7-9-10)15-14(3,4)17-12(13)16/h5-9H,1-4H3. The van der Waals surface area contributed by atoms with E-state index in [-0.39, 0.29) is 9.99 Å². The molecule has 0 unspecified atom stereocenters. The number of benzene rings is 1. The average Bonchev–Trinajstić information content (AvgIpc) is 2.25. The van der Waals surface area contributed by atoms with Crippen molar-refractivity contribution in [3.8, 4) is 0 Å². The molecular formula is C14H17NOS. The fourth-order valence-electron chi connectivity index (χ4n) is 1.90. The smallest absolute Gasteiger partial charge is 0.202 e. The molecule has 2 rings (SSSR count). The molecule has 90 valence electrons. The number of rotatable bonds is 1. The van der Waals surface area contributed by atoms with Crippen LogP contribution in [0.25, 0.3) is 0 Å². The Bertz CT molecular complexity index is 474. The van der Waals surface area contributed by atoms with Crippen LogP contribution in [-0.2, 0) is 4.79 Å². The molecule has 0 atom stereocenters. The maximum Gasteiger partial charge on any atom is 0.202 e. The molecule has 0 fully saturated rings. The summed E-state index contributed by atoms with van der Waals surface area (Å²) >= 11 is 1.32. The van der Waals surface area contributed by atoms with E-state index in [0.717, 1.165) is 11.3 Å². The first kappa shape index (κ1) is 12.4. The van der Waals surface area contributed by atoms with Crippen LogP contribution in [0.1, 0.15) is 33.3 Å². The molecule has 1 aliphatic rings. The zero-order valence-corrected chi connectivity index (χ0v) is 11.5. The molecule has 0 saturated carbocycles. The molecule has 1 aromatic carbocycles. The molecule has 3 heteroatoms. The number of carbonyl (C=O) groups is 1. The molecule has 0 N–H and O–H groups in total. The summed E-state index contributed by atoms with van der Waals surface area (Å²) in [5.41, 5.74) is 1.42. The highest BCUT2D eigenvalue weighted by atomic mass is 32.2. The Morgan fingerprint density at radius 1 is 1.06 bits per heavy atom. The lowest BCUT2D eigenvalue weighted by molar-refractivity contribution is -0.115. The zero-order valence-electron chi connectivity index (χ0n) is 10.7. The van der Waals surface area contributed by atoms with Crippen LogP contribution in [0.4, 0.5) is 0 Å². The van der Waals surface area contributed by atoms with E-state index in [0.29, 0.717) is 0 Å². The van der Waals surface area contributed by atoms with Crippen molar-refractivity contribution in [2.45, 2.75) is 32.6 Å². The Hall–Kier alpha value is -1.09. The summed E-state index contributed by atoms with van der Waals surface area (Å²) in [7, 11) is 0. The Labute approximate surface area is 107 Å². The zero-order chi connectivity index (χ0) is 12.7. The molecule has 0 spiro atoms. The summed E-state index contributed by atoms with van der Waals surface area (Å²) in [4.78, 5) is 16.6. The predicted octanol–water partition coefficient (Wildman–Crippen LogP) is 3.51. The van der Waals surface area contributed by atoms with Gasteiger partial charge in [-0.05, 0) is 33.3 Å². The Kier molecular flexibility index (Phi) is 2.90. The maximum absolute atomic E-state index is 12.2. The molecule has 0 bridgehead atoms. The summed E-state index contributed by atoms with van der Waals surface area (Å²) in [6.45, 7) is 7.86. The van der Waals surface area contributed by atoms with Gasteiger partial charge < -0.3 is 0 Å². The van der Waals surface area contributed by atoms with Gasteiger partial charge in [-0.15, -0.1) is 0 Å². The normalized spacial score (nSPS) is 22.1. The van der Waals surface area contributed by atoms with Crippen LogP contribution in [-0.4, -0.2) is 15.7 Å². The lowest BCUT2D eigenvalue weighted by Crippen LogP contribution is -2.40. The van der Waals surface area contributed by atoms with Gasteiger partial charge in [0, 0.05) is 0 Å². The minimum atomic E-state index is -0.512. The van der Waals surface area contributed by atoms with Crippen molar-refractivity contribution >= 4 is 22.6 Å². The van der Waals surface area contributed by atoms with Gasteiger partial charge in [0.05, 0.1) is 11.1 Å². The molecule has 1 aliphatic heterocycles. The van der Waals surface area contributed by atoms with Crippen LogP contribution in [0, 0.1) is 5.41 Å².